The van der Waals surface area contributed by atoms with Gasteiger partial charge < -0.3 is 29.1 Å². The van der Waals surface area contributed by atoms with E-state index < -0.39 is 0 Å². The zero-order chi connectivity index (χ0) is 48.7. The van der Waals surface area contributed by atoms with E-state index in [9.17, 15) is 0 Å². The molecule has 6 nitrogen and oxygen atoms in total. The second kappa shape index (κ2) is 24.4. The molecule has 4 aromatic rings. The Kier molecular flexibility index (Phi) is 19.5. The molecule has 0 aromatic heterocycles. The molecule has 8 rings (SSSR count). The summed E-state index contributed by atoms with van der Waals surface area (Å²) in [6.07, 6.45) is 8.26. The second-order valence-corrected chi connectivity index (χ2v) is 23.3. The molecular weight excluding hydrogens is 962 g/mol. The van der Waals surface area contributed by atoms with Crippen LogP contribution in [0.2, 0.25) is 0 Å². The molecule has 4 aliphatic rings. The second-order valence-electron chi connectivity index (χ2n) is 21.0. The summed E-state index contributed by atoms with van der Waals surface area (Å²) in [6.45, 7) is 42.0. The van der Waals surface area contributed by atoms with E-state index in [-0.39, 0.29) is 15.9 Å². The van der Waals surface area contributed by atoms with E-state index in [4.69, 9.17) is 28.5 Å². The third-order valence-corrected chi connectivity index (χ3v) is 16.1. The number of hydrogen-bond donors (Lipinski definition) is 0. The summed E-state index contributed by atoms with van der Waals surface area (Å²) in [7, 11) is 9.63. The molecule has 2 aliphatic heterocycles. The minimum atomic E-state index is -0.106. The Morgan fingerprint density at radius 2 is 0.821 bits per heavy atom. The first kappa shape index (κ1) is 53.6. The SMILES string of the molecule is Cc1cc(C)c(C)c(CN2[C]N(CO[C@H]3C[C@H](C(C)C)CC[C@@H]3C)c3ccccc32)c1C.Cc1cc(C)c(C)c(CN2[C]N(CO[C@H]3C[C@H](C(C)C)CC[C@@H]3C)c3ccccc32)c1C.[Cl][Pd][Cl]. The van der Waals surface area contributed by atoms with E-state index in [0.29, 0.717) is 37.5 Å². The van der Waals surface area contributed by atoms with E-state index in [1.54, 1.807) is 0 Å². The van der Waals surface area contributed by atoms with Gasteiger partial charge in [0.25, 0.3) is 0 Å². The molecule has 2 aliphatic carbocycles. The van der Waals surface area contributed by atoms with Gasteiger partial charge in [-0.15, -0.1) is 0 Å². The number of benzene rings is 4. The van der Waals surface area contributed by atoms with E-state index in [1.807, 2.05) is 0 Å². The van der Waals surface area contributed by atoms with Crippen LogP contribution in [-0.2, 0) is 38.5 Å². The van der Waals surface area contributed by atoms with Crippen molar-refractivity contribution < 1.29 is 25.4 Å². The summed E-state index contributed by atoms with van der Waals surface area (Å²) >= 11 is -0.106. The Morgan fingerprint density at radius 1 is 0.522 bits per heavy atom. The quantitative estimate of drug-likeness (QED) is 0.131. The van der Waals surface area contributed by atoms with Crippen LogP contribution in [-0.4, -0.2) is 25.7 Å². The number of hydrogen-bond acceptors (Lipinski definition) is 6. The van der Waals surface area contributed by atoms with Crippen molar-refractivity contribution >= 4 is 41.8 Å². The number of rotatable bonds is 12. The van der Waals surface area contributed by atoms with Crippen molar-refractivity contribution in [3.8, 4) is 0 Å². The summed E-state index contributed by atoms with van der Waals surface area (Å²) in [6, 6.07) is 21.9. The van der Waals surface area contributed by atoms with Gasteiger partial charge in [0, 0.05) is 13.1 Å². The van der Waals surface area contributed by atoms with Crippen LogP contribution in [0, 0.1) is 104 Å². The molecule has 0 amide bonds. The molecule has 2 saturated carbocycles. The van der Waals surface area contributed by atoms with E-state index >= 15 is 0 Å². The van der Waals surface area contributed by atoms with Gasteiger partial charge in [0.05, 0.1) is 35.0 Å². The van der Waals surface area contributed by atoms with Crippen LogP contribution in [0.1, 0.15) is 136 Å². The van der Waals surface area contributed by atoms with Crippen LogP contribution in [0.15, 0.2) is 60.7 Å². The van der Waals surface area contributed by atoms with Crippen molar-refractivity contribution in [2.24, 2.45) is 35.5 Å². The molecule has 2 heterocycles. The first-order valence-electron chi connectivity index (χ1n) is 24.9. The normalized spacial score (nSPS) is 22.5. The van der Waals surface area contributed by atoms with Crippen molar-refractivity contribution in [2.45, 2.75) is 161 Å². The van der Waals surface area contributed by atoms with Crippen LogP contribution >= 0.6 is 19.1 Å². The maximum absolute atomic E-state index is 6.54. The Hall–Kier alpha value is -2.76. The molecule has 6 atom stereocenters. The molecule has 67 heavy (non-hydrogen) atoms. The minimum absolute atomic E-state index is 0.106. The van der Waals surface area contributed by atoms with Gasteiger partial charge in [0.2, 0.25) is 13.3 Å². The fourth-order valence-corrected chi connectivity index (χ4v) is 10.8. The fraction of sp³-hybridized carbons (Fsp3) is 0.552. The molecule has 0 N–H and O–H groups in total. The third-order valence-electron chi connectivity index (χ3n) is 16.1. The van der Waals surface area contributed by atoms with Gasteiger partial charge >= 0.3 is 35.0 Å². The topological polar surface area (TPSA) is 31.4 Å². The molecule has 4 radical (unpaired) electrons. The molecule has 2 fully saturated rings. The van der Waals surface area contributed by atoms with Crippen LogP contribution in [0.5, 0.6) is 0 Å². The zero-order valence-corrected chi connectivity index (χ0v) is 46.2. The number of aryl methyl sites for hydroxylation is 4. The zero-order valence-electron chi connectivity index (χ0n) is 43.1. The number of ether oxygens (including phenoxy) is 2. The van der Waals surface area contributed by atoms with Crippen LogP contribution in [0.25, 0.3) is 0 Å². The van der Waals surface area contributed by atoms with E-state index in [1.165, 1.54) is 117 Å². The number of anilines is 4. The van der Waals surface area contributed by atoms with Gasteiger partial charge in [-0.3, -0.25) is 0 Å². The van der Waals surface area contributed by atoms with Gasteiger partial charge in [0.15, 0.2) is 0 Å². The average molecular weight is 1040 g/mol. The Labute approximate surface area is 423 Å². The Bertz CT molecular complexity index is 2040. The van der Waals surface area contributed by atoms with Crippen molar-refractivity contribution in [1.82, 2.24) is 0 Å². The molecular formula is C58H80Cl2N4O2Pd. The fourth-order valence-electron chi connectivity index (χ4n) is 10.8. The summed E-state index contributed by atoms with van der Waals surface area (Å²) in [5, 5.41) is 0. The molecule has 0 unspecified atom stereocenters. The van der Waals surface area contributed by atoms with Crippen LogP contribution < -0.4 is 19.6 Å². The summed E-state index contributed by atoms with van der Waals surface area (Å²) < 4.78 is 13.1. The van der Waals surface area contributed by atoms with Crippen LogP contribution in [0.3, 0.4) is 0 Å². The first-order valence-corrected chi connectivity index (χ1v) is 28.9. The predicted molar refractivity (Wildman–Crippen MR) is 281 cm³/mol. The van der Waals surface area contributed by atoms with Gasteiger partial charge in [-0.2, -0.15) is 0 Å². The first-order chi connectivity index (χ1) is 31.9. The van der Waals surface area contributed by atoms with Gasteiger partial charge in [-0.05, 0) is 209 Å². The Morgan fingerprint density at radius 3 is 1.12 bits per heavy atom. The van der Waals surface area contributed by atoms with Gasteiger partial charge in [-0.1, -0.05) is 77.9 Å². The summed E-state index contributed by atoms with van der Waals surface area (Å²) in [5.74, 6) is 4.28. The van der Waals surface area contributed by atoms with Crippen molar-refractivity contribution in [3.63, 3.8) is 0 Å². The third kappa shape index (κ3) is 13.0. The molecule has 0 bridgehead atoms. The number of nitrogens with zero attached hydrogens (tertiary/aromatic N) is 4. The molecule has 0 saturated heterocycles. The van der Waals surface area contributed by atoms with Gasteiger partial charge in [0.1, 0.15) is 13.5 Å². The number of para-hydroxylation sites is 4. The average Bonchev–Trinajstić information content (AvgIpc) is 3.84. The summed E-state index contributed by atoms with van der Waals surface area (Å²) in [5.41, 5.74) is 18.6. The number of fused-ring (bicyclic) bond motifs is 2. The van der Waals surface area contributed by atoms with Gasteiger partial charge in [-0.25, -0.2) is 0 Å². The number of halogens is 2. The predicted octanol–water partition coefficient (Wildman–Crippen LogP) is 15.7. The standard InChI is InChI=1S/2C29H40N2O.2ClH.Pd/c2*1-19(2)25-13-12-20(3)29(15-25)32-18-31-17-30(27-10-8-9-11-28(27)31)16-26-23(6)21(4)14-22(5)24(26)7;;;/h2*8-11,14,19-20,25,29H,12-13,15-16,18H2,1-7H3;2*1H;/q;;;;+2/p-2/t2*20-,25+,29-;;;/m00.../s1. The van der Waals surface area contributed by atoms with E-state index in [0.717, 1.165) is 36.8 Å². The molecule has 4 aromatic carbocycles. The Balaban J connectivity index is 0.000000209. The van der Waals surface area contributed by atoms with Crippen LogP contribution in [0.4, 0.5) is 22.7 Å². The van der Waals surface area contributed by atoms with Crippen molar-refractivity contribution in [3.05, 3.63) is 130 Å². The summed E-state index contributed by atoms with van der Waals surface area (Å²) in [4.78, 5) is 8.89. The maximum atomic E-state index is 6.54. The molecule has 0 spiro atoms. The van der Waals surface area contributed by atoms with E-state index in [2.05, 4.69) is 191 Å². The molecule has 9 heteroatoms. The van der Waals surface area contributed by atoms with Crippen molar-refractivity contribution in [1.29, 1.82) is 0 Å². The molecule has 368 valence electrons. The van der Waals surface area contributed by atoms with Crippen molar-refractivity contribution in [2.75, 3.05) is 33.1 Å². The monoisotopic (exact) mass is 1040 g/mol.